The second-order valence-electron chi connectivity index (χ2n) is 2.74. The van der Waals surface area contributed by atoms with E-state index in [1.807, 2.05) is 13.8 Å². The lowest BCUT2D eigenvalue weighted by molar-refractivity contribution is 0.565. The first-order valence-electron chi connectivity index (χ1n) is 3.71. The maximum absolute atomic E-state index is 12.9. The molecule has 12 heavy (non-hydrogen) atoms. The van der Waals surface area contributed by atoms with Crippen LogP contribution in [0.25, 0.3) is 0 Å². The van der Waals surface area contributed by atoms with E-state index < -0.39 is 11.6 Å². The van der Waals surface area contributed by atoms with Gasteiger partial charge >= 0.3 is 0 Å². The van der Waals surface area contributed by atoms with E-state index in [4.69, 9.17) is 0 Å². The van der Waals surface area contributed by atoms with Crippen molar-refractivity contribution in [1.29, 1.82) is 0 Å². The zero-order chi connectivity index (χ0) is 9.14. The number of halogens is 2. The predicted octanol–water partition coefficient (Wildman–Crippen LogP) is 3.47. The van der Waals surface area contributed by atoms with Gasteiger partial charge in [-0.05, 0) is 12.1 Å². The van der Waals surface area contributed by atoms with Gasteiger partial charge in [0.1, 0.15) is 11.6 Å². The smallest absolute Gasteiger partial charge is 0.139 e. The highest BCUT2D eigenvalue weighted by Crippen LogP contribution is 2.25. The largest absolute Gasteiger partial charge is 0.207 e. The quantitative estimate of drug-likeness (QED) is 0.640. The van der Waals surface area contributed by atoms with Crippen LogP contribution in [0.1, 0.15) is 13.8 Å². The standard InChI is InChI=1S/C9H10F2S/c1-6(2)12-9-4-3-7(10)5-8(9)11/h3-6H,1-2H3. The molecule has 0 atom stereocenters. The Kier molecular flexibility index (Phi) is 3.09. The summed E-state index contributed by atoms with van der Waals surface area (Å²) in [6, 6.07) is 3.65. The minimum atomic E-state index is -0.527. The maximum Gasteiger partial charge on any atom is 0.139 e. The fourth-order valence-corrected chi connectivity index (χ4v) is 1.65. The molecular formula is C9H10F2S. The minimum absolute atomic E-state index is 0.310. The number of thioether (sulfide) groups is 1. The molecule has 0 aromatic heterocycles. The van der Waals surface area contributed by atoms with Gasteiger partial charge in [0.05, 0.1) is 0 Å². The zero-order valence-corrected chi connectivity index (χ0v) is 7.79. The van der Waals surface area contributed by atoms with E-state index in [1.165, 1.54) is 23.9 Å². The molecule has 0 N–H and O–H groups in total. The van der Waals surface area contributed by atoms with Crippen LogP contribution in [0.4, 0.5) is 8.78 Å². The topological polar surface area (TPSA) is 0 Å². The number of benzene rings is 1. The van der Waals surface area contributed by atoms with Gasteiger partial charge in [-0.15, -0.1) is 11.8 Å². The van der Waals surface area contributed by atoms with Crippen molar-refractivity contribution in [2.45, 2.75) is 24.0 Å². The summed E-state index contributed by atoms with van der Waals surface area (Å²) >= 11 is 1.39. The average molecular weight is 188 g/mol. The van der Waals surface area contributed by atoms with E-state index in [9.17, 15) is 8.78 Å². The summed E-state index contributed by atoms with van der Waals surface area (Å²) in [5.41, 5.74) is 0. The van der Waals surface area contributed by atoms with Crippen molar-refractivity contribution in [1.82, 2.24) is 0 Å². The van der Waals surface area contributed by atoms with Gasteiger partial charge < -0.3 is 0 Å². The SMILES string of the molecule is CC(C)Sc1ccc(F)cc1F. The molecule has 0 saturated carbocycles. The van der Waals surface area contributed by atoms with Crippen LogP contribution in [0.5, 0.6) is 0 Å². The van der Waals surface area contributed by atoms with E-state index in [0.717, 1.165) is 6.07 Å². The first kappa shape index (κ1) is 9.52. The fraction of sp³-hybridized carbons (Fsp3) is 0.333. The first-order valence-corrected chi connectivity index (χ1v) is 4.59. The third kappa shape index (κ3) is 2.48. The zero-order valence-electron chi connectivity index (χ0n) is 6.97. The summed E-state index contributed by atoms with van der Waals surface area (Å²) < 4.78 is 25.4. The summed E-state index contributed by atoms with van der Waals surface area (Å²) in [4.78, 5) is 0.506. The van der Waals surface area contributed by atoms with Gasteiger partial charge in [-0.2, -0.15) is 0 Å². The highest BCUT2D eigenvalue weighted by atomic mass is 32.2. The minimum Gasteiger partial charge on any atom is -0.207 e. The molecule has 0 fully saturated rings. The molecule has 0 bridgehead atoms. The van der Waals surface area contributed by atoms with Crippen molar-refractivity contribution >= 4 is 11.8 Å². The lowest BCUT2D eigenvalue weighted by Gasteiger charge is -2.05. The van der Waals surface area contributed by atoms with Crippen LogP contribution in [0.3, 0.4) is 0 Å². The Bertz CT molecular complexity index is 271. The van der Waals surface area contributed by atoms with E-state index in [1.54, 1.807) is 0 Å². The lowest BCUT2D eigenvalue weighted by atomic mass is 10.3. The molecule has 1 aromatic carbocycles. The molecule has 1 rings (SSSR count). The van der Waals surface area contributed by atoms with Crippen molar-refractivity contribution in [2.75, 3.05) is 0 Å². The number of hydrogen-bond donors (Lipinski definition) is 0. The first-order chi connectivity index (χ1) is 5.59. The van der Waals surface area contributed by atoms with Gasteiger partial charge in [0.2, 0.25) is 0 Å². The average Bonchev–Trinajstić information content (AvgIpc) is 1.94. The second kappa shape index (κ2) is 3.90. The van der Waals surface area contributed by atoms with E-state index in [0.29, 0.717) is 10.1 Å². The van der Waals surface area contributed by atoms with E-state index in [-0.39, 0.29) is 0 Å². The van der Waals surface area contributed by atoms with Gasteiger partial charge in [-0.3, -0.25) is 0 Å². The Morgan fingerprint density at radius 3 is 2.42 bits per heavy atom. The molecular weight excluding hydrogens is 178 g/mol. The van der Waals surface area contributed by atoms with E-state index >= 15 is 0 Å². The van der Waals surface area contributed by atoms with Crippen molar-refractivity contribution in [3.8, 4) is 0 Å². The van der Waals surface area contributed by atoms with Crippen LogP contribution < -0.4 is 0 Å². The Morgan fingerprint density at radius 2 is 1.92 bits per heavy atom. The maximum atomic E-state index is 12.9. The van der Waals surface area contributed by atoms with Gasteiger partial charge in [-0.25, -0.2) is 8.78 Å². The monoisotopic (exact) mass is 188 g/mol. The number of rotatable bonds is 2. The van der Waals surface area contributed by atoms with Crippen molar-refractivity contribution in [3.63, 3.8) is 0 Å². The van der Waals surface area contributed by atoms with Gasteiger partial charge in [0.15, 0.2) is 0 Å². The molecule has 0 nitrogen and oxygen atoms in total. The molecule has 0 spiro atoms. The fourth-order valence-electron chi connectivity index (χ4n) is 0.825. The lowest BCUT2D eigenvalue weighted by Crippen LogP contribution is -1.89. The van der Waals surface area contributed by atoms with E-state index in [2.05, 4.69) is 0 Å². The Labute approximate surface area is 75.0 Å². The summed E-state index contributed by atoms with van der Waals surface area (Å²) in [5.74, 6) is -1.01. The predicted molar refractivity (Wildman–Crippen MR) is 47.4 cm³/mol. The van der Waals surface area contributed by atoms with Crippen LogP contribution in [-0.4, -0.2) is 5.25 Å². The summed E-state index contributed by atoms with van der Waals surface area (Å²) in [5, 5.41) is 0.310. The van der Waals surface area contributed by atoms with Crippen LogP contribution in [-0.2, 0) is 0 Å². The van der Waals surface area contributed by atoms with Gasteiger partial charge in [-0.1, -0.05) is 13.8 Å². The molecule has 0 aliphatic rings. The third-order valence-corrected chi connectivity index (χ3v) is 2.31. The van der Waals surface area contributed by atoms with Crippen molar-refractivity contribution in [2.24, 2.45) is 0 Å². The molecule has 3 heteroatoms. The molecule has 0 radical (unpaired) electrons. The molecule has 66 valence electrons. The van der Waals surface area contributed by atoms with Crippen LogP contribution in [0.2, 0.25) is 0 Å². The molecule has 0 aliphatic carbocycles. The normalized spacial score (nSPS) is 10.8. The molecule has 0 aliphatic heterocycles. The molecule has 0 saturated heterocycles. The summed E-state index contributed by atoms with van der Waals surface area (Å²) in [7, 11) is 0. The van der Waals surface area contributed by atoms with Gasteiger partial charge in [0.25, 0.3) is 0 Å². The Hall–Kier alpha value is -0.570. The second-order valence-corrected chi connectivity index (χ2v) is 4.36. The summed E-state index contributed by atoms with van der Waals surface area (Å²) in [6.45, 7) is 3.93. The van der Waals surface area contributed by atoms with Crippen LogP contribution in [0.15, 0.2) is 23.1 Å². The summed E-state index contributed by atoms with van der Waals surface area (Å²) in [6.07, 6.45) is 0. The van der Waals surface area contributed by atoms with Crippen molar-refractivity contribution < 1.29 is 8.78 Å². The molecule has 1 aromatic rings. The molecule has 0 amide bonds. The highest BCUT2D eigenvalue weighted by Gasteiger charge is 2.05. The van der Waals surface area contributed by atoms with Crippen molar-refractivity contribution in [3.05, 3.63) is 29.8 Å². The third-order valence-electron chi connectivity index (χ3n) is 1.26. The molecule has 0 unspecified atom stereocenters. The Morgan fingerprint density at radius 1 is 1.25 bits per heavy atom. The highest BCUT2D eigenvalue weighted by molar-refractivity contribution is 7.99. The van der Waals surface area contributed by atoms with Crippen LogP contribution in [0, 0.1) is 11.6 Å². The Balaban J connectivity index is 2.86. The van der Waals surface area contributed by atoms with Gasteiger partial charge in [0, 0.05) is 16.2 Å². The van der Waals surface area contributed by atoms with Crippen LogP contribution >= 0.6 is 11.8 Å². The number of hydrogen-bond acceptors (Lipinski definition) is 1. The molecule has 0 heterocycles.